The van der Waals surface area contributed by atoms with E-state index in [1.54, 1.807) is 7.11 Å². The van der Waals surface area contributed by atoms with E-state index in [1.807, 2.05) is 42.5 Å². The third kappa shape index (κ3) is 5.25. The van der Waals surface area contributed by atoms with Crippen molar-refractivity contribution in [1.29, 1.82) is 0 Å². The van der Waals surface area contributed by atoms with Crippen molar-refractivity contribution in [2.45, 2.75) is 39.0 Å². The number of H-pyrrole nitrogens is 1. The van der Waals surface area contributed by atoms with Gasteiger partial charge in [0.15, 0.2) is 0 Å². The molecule has 0 aliphatic heterocycles. The van der Waals surface area contributed by atoms with Gasteiger partial charge in [-0.15, -0.1) is 0 Å². The minimum absolute atomic E-state index is 0.0322. The number of methoxy groups -OCH3 is 1. The van der Waals surface area contributed by atoms with Crippen LogP contribution in [-0.4, -0.2) is 24.5 Å². The summed E-state index contributed by atoms with van der Waals surface area (Å²) in [6, 6.07) is 15.8. The number of fused-ring (bicyclic) bond motifs is 1. The van der Waals surface area contributed by atoms with E-state index in [-0.39, 0.29) is 11.5 Å². The van der Waals surface area contributed by atoms with E-state index in [9.17, 15) is 9.59 Å². The number of benzene rings is 2. The van der Waals surface area contributed by atoms with Gasteiger partial charge in [-0.25, -0.2) is 0 Å². The number of carbonyl (C=O) groups is 1. The van der Waals surface area contributed by atoms with Crippen LogP contribution in [-0.2, 0) is 17.6 Å². The monoisotopic (exact) mass is 392 g/mol. The zero-order chi connectivity index (χ0) is 20.8. The molecule has 1 amide bonds. The van der Waals surface area contributed by atoms with Gasteiger partial charge in [0.1, 0.15) is 5.75 Å². The first-order valence-electron chi connectivity index (χ1n) is 10.0. The van der Waals surface area contributed by atoms with Crippen LogP contribution in [0, 0.1) is 0 Å². The van der Waals surface area contributed by atoms with Crippen molar-refractivity contribution in [2.24, 2.45) is 0 Å². The van der Waals surface area contributed by atoms with Crippen LogP contribution in [0.15, 0.2) is 53.3 Å². The number of aryl methyl sites for hydroxylation is 1. The highest BCUT2D eigenvalue weighted by atomic mass is 16.5. The first-order valence-corrected chi connectivity index (χ1v) is 10.0. The summed E-state index contributed by atoms with van der Waals surface area (Å²) in [4.78, 5) is 27.5. The molecular weight excluding hydrogens is 364 g/mol. The summed E-state index contributed by atoms with van der Waals surface area (Å²) < 4.78 is 5.32. The standard InChI is InChI=1S/C24H28N2O3/c1-16(2)18-8-10-21-20(14-18)15-19(24(28)26-21)12-13-25-23(27)11-9-17-6-4-5-7-22(17)29-3/h4-8,10,14-16H,9,11-13H2,1-3H3,(H,25,27)(H,26,28). The van der Waals surface area contributed by atoms with Crippen LogP contribution in [0.1, 0.15) is 42.9 Å². The molecule has 3 rings (SSSR count). The Morgan fingerprint density at radius 2 is 1.86 bits per heavy atom. The van der Waals surface area contributed by atoms with Crippen molar-refractivity contribution in [3.63, 3.8) is 0 Å². The van der Waals surface area contributed by atoms with Gasteiger partial charge in [-0.2, -0.15) is 0 Å². The van der Waals surface area contributed by atoms with Crippen molar-refractivity contribution >= 4 is 16.8 Å². The van der Waals surface area contributed by atoms with Gasteiger partial charge in [0, 0.05) is 24.0 Å². The average Bonchev–Trinajstić information content (AvgIpc) is 2.72. The first kappa shape index (κ1) is 20.6. The molecule has 0 radical (unpaired) electrons. The molecule has 0 aliphatic rings. The van der Waals surface area contributed by atoms with Gasteiger partial charge >= 0.3 is 0 Å². The maximum Gasteiger partial charge on any atom is 0.251 e. The Morgan fingerprint density at radius 1 is 1.07 bits per heavy atom. The van der Waals surface area contributed by atoms with E-state index in [0.717, 1.165) is 22.2 Å². The Kier molecular flexibility index (Phi) is 6.70. The molecule has 2 N–H and O–H groups in total. The molecule has 0 aliphatic carbocycles. The van der Waals surface area contributed by atoms with Crippen LogP contribution in [0.3, 0.4) is 0 Å². The summed E-state index contributed by atoms with van der Waals surface area (Å²) in [6.45, 7) is 4.73. The second-order valence-electron chi connectivity index (χ2n) is 7.54. The third-order valence-electron chi connectivity index (χ3n) is 5.14. The second-order valence-corrected chi connectivity index (χ2v) is 7.54. The van der Waals surface area contributed by atoms with Gasteiger partial charge in [-0.1, -0.05) is 38.1 Å². The lowest BCUT2D eigenvalue weighted by Crippen LogP contribution is -2.27. The molecule has 5 nitrogen and oxygen atoms in total. The number of rotatable bonds is 8. The molecule has 0 atom stereocenters. The number of pyridine rings is 1. The summed E-state index contributed by atoms with van der Waals surface area (Å²) in [7, 11) is 1.63. The van der Waals surface area contributed by atoms with E-state index in [4.69, 9.17) is 4.74 Å². The van der Waals surface area contributed by atoms with E-state index in [2.05, 4.69) is 30.2 Å². The van der Waals surface area contributed by atoms with Crippen LogP contribution in [0.5, 0.6) is 5.75 Å². The lowest BCUT2D eigenvalue weighted by atomic mass is 10.0. The highest BCUT2D eigenvalue weighted by Gasteiger charge is 2.08. The number of ether oxygens (including phenoxy) is 1. The van der Waals surface area contributed by atoms with Crippen LogP contribution >= 0.6 is 0 Å². The number of para-hydroxylation sites is 1. The SMILES string of the molecule is COc1ccccc1CCC(=O)NCCc1cc2cc(C(C)C)ccc2[nH]c1=O. The van der Waals surface area contributed by atoms with Crippen LogP contribution < -0.4 is 15.6 Å². The summed E-state index contributed by atoms with van der Waals surface area (Å²) in [5, 5.41) is 3.93. The Balaban J connectivity index is 1.58. The number of aromatic nitrogens is 1. The van der Waals surface area contributed by atoms with Gasteiger partial charge in [0.25, 0.3) is 5.56 Å². The van der Waals surface area contributed by atoms with Crippen molar-refractivity contribution in [3.8, 4) is 5.75 Å². The fourth-order valence-corrected chi connectivity index (χ4v) is 3.40. The van der Waals surface area contributed by atoms with Gasteiger partial charge in [0.05, 0.1) is 7.11 Å². The number of carbonyl (C=O) groups excluding carboxylic acids is 1. The maximum absolute atomic E-state index is 12.3. The van der Waals surface area contributed by atoms with E-state index >= 15 is 0 Å². The Bertz CT molecular complexity index is 1050. The molecular formula is C24H28N2O3. The predicted octanol–water partition coefficient (Wildman–Crippen LogP) is 3.95. The molecule has 0 spiro atoms. The van der Waals surface area contributed by atoms with Crippen LogP contribution in [0.2, 0.25) is 0 Å². The lowest BCUT2D eigenvalue weighted by molar-refractivity contribution is -0.121. The first-order chi connectivity index (χ1) is 14.0. The number of hydrogen-bond acceptors (Lipinski definition) is 3. The molecule has 0 saturated heterocycles. The van der Waals surface area contributed by atoms with E-state index in [1.165, 1.54) is 5.56 Å². The zero-order valence-corrected chi connectivity index (χ0v) is 17.2. The van der Waals surface area contributed by atoms with Crippen LogP contribution in [0.4, 0.5) is 0 Å². The fourth-order valence-electron chi connectivity index (χ4n) is 3.40. The van der Waals surface area contributed by atoms with Crippen molar-refractivity contribution in [1.82, 2.24) is 10.3 Å². The van der Waals surface area contributed by atoms with Crippen molar-refractivity contribution in [2.75, 3.05) is 13.7 Å². The second kappa shape index (κ2) is 9.41. The molecule has 29 heavy (non-hydrogen) atoms. The topological polar surface area (TPSA) is 71.2 Å². The zero-order valence-electron chi connectivity index (χ0n) is 17.2. The molecule has 0 unspecified atom stereocenters. The Labute approximate surface area is 171 Å². The van der Waals surface area contributed by atoms with Gasteiger partial charge in [-0.05, 0) is 59.5 Å². The van der Waals surface area contributed by atoms with E-state index in [0.29, 0.717) is 37.3 Å². The normalized spacial score (nSPS) is 11.0. The number of hydrogen-bond donors (Lipinski definition) is 2. The molecule has 3 aromatic rings. The molecule has 0 saturated carbocycles. The van der Waals surface area contributed by atoms with E-state index < -0.39 is 0 Å². The minimum atomic E-state index is -0.0990. The molecule has 1 aromatic heterocycles. The lowest BCUT2D eigenvalue weighted by Gasteiger charge is -2.10. The highest BCUT2D eigenvalue weighted by Crippen LogP contribution is 2.20. The smallest absolute Gasteiger partial charge is 0.251 e. The largest absolute Gasteiger partial charge is 0.496 e. The summed E-state index contributed by atoms with van der Waals surface area (Å²) in [6.07, 6.45) is 1.49. The third-order valence-corrected chi connectivity index (χ3v) is 5.14. The Hall–Kier alpha value is -3.08. The van der Waals surface area contributed by atoms with Gasteiger partial charge < -0.3 is 15.0 Å². The van der Waals surface area contributed by atoms with Crippen molar-refractivity contribution in [3.05, 3.63) is 75.6 Å². The number of aromatic amines is 1. The summed E-state index contributed by atoms with van der Waals surface area (Å²) in [5.74, 6) is 1.19. The maximum atomic E-state index is 12.3. The summed E-state index contributed by atoms with van der Waals surface area (Å²) in [5.41, 5.74) is 3.67. The van der Waals surface area contributed by atoms with Gasteiger partial charge in [-0.3, -0.25) is 9.59 Å². The molecule has 0 bridgehead atoms. The van der Waals surface area contributed by atoms with Crippen molar-refractivity contribution < 1.29 is 9.53 Å². The molecule has 1 heterocycles. The Morgan fingerprint density at radius 3 is 2.62 bits per heavy atom. The number of amides is 1. The molecule has 0 fully saturated rings. The summed E-state index contributed by atoms with van der Waals surface area (Å²) >= 11 is 0. The predicted molar refractivity (Wildman–Crippen MR) is 117 cm³/mol. The fraction of sp³-hybridized carbons (Fsp3) is 0.333. The minimum Gasteiger partial charge on any atom is -0.496 e. The quantitative estimate of drug-likeness (QED) is 0.610. The van der Waals surface area contributed by atoms with Crippen LogP contribution in [0.25, 0.3) is 10.9 Å². The highest BCUT2D eigenvalue weighted by molar-refractivity contribution is 5.80. The van der Waals surface area contributed by atoms with Gasteiger partial charge in [0.2, 0.25) is 5.91 Å². The number of nitrogens with one attached hydrogen (secondary N) is 2. The molecule has 5 heteroatoms. The molecule has 152 valence electrons. The molecule has 2 aromatic carbocycles. The average molecular weight is 392 g/mol.